The topological polar surface area (TPSA) is 4.93 Å². The summed E-state index contributed by atoms with van der Waals surface area (Å²) in [5.74, 6) is 0. The summed E-state index contributed by atoms with van der Waals surface area (Å²) in [4.78, 5) is 0. The van der Waals surface area contributed by atoms with Gasteiger partial charge in [-0.2, -0.15) is 10.2 Å². The molecule has 0 aliphatic rings. The van der Waals surface area contributed by atoms with E-state index >= 15 is 0 Å². The van der Waals surface area contributed by atoms with Crippen LogP contribution in [0.1, 0.15) is 20.8 Å². The Morgan fingerprint density at radius 1 is 0.818 bits per heavy atom. The van der Waals surface area contributed by atoms with E-state index in [0.29, 0.717) is 0 Å². The van der Waals surface area contributed by atoms with Crippen LogP contribution in [0, 0.1) is 0 Å². The number of hydrogen-bond acceptors (Lipinski definition) is 0. The third kappa shape index (κ3) is 2.44. The molecule has 0 aliphatic heterocycles. The van der Waals surface area contributed by atoms with Crippen molar-refractivity contribution in [2.24, 2.45) is 0 Å². The molecule has 1 aromatic heterocycles. The van der Waals surface area contributed by atoms with Gasteiger partial charge in [0.1, 0.15) is 0 Å². The molecule has 0 fully saturated rings. The van der Waals surface area contributed by atoms with Gasteiger partial charge in [0.05, 0.1) is 11.0 Å². The van der Waals surface area contributed by atoms with Gasteiger partial charge in [-0.3, -0.25) is 0 Å². The molecule has 0 saturated carbocycles. The molecule has 22 heavy (non-hydrogen) atoms. The molecule has 3 rings (SSSR count). The molecule has 0 aliphatic carbocycles. The first-order valence-electron chi connectivity index (χ1n) is 7.25. The quantitative estimate of drug-likeness (QED) is 0.384. The van der Waals surface area contributed by atoms with Crippen molar-refractivity contribution >= 4 is 63.9 Å². The molecule has 0 spiro atoms. The number of benzene rings is 2. The second-order valence-electron chi connectivity index (χ2n) is 7.00. The molecule has 0 saturated heterocycles. The van der Waals surface area contributed by atoms with Gasteiger partial charge in [0.25, 0.3) is 0 Å². The van der Waals surface area contributed by atoms with Gasteiger partial charge in [0, 0.05) is 24.5 Å². The first-order valence-corrected chi connectivity index (χ1v) is 11.2. The standard InChI is InChI=1S/C18H21Br2NS/c1-18(2,3)22(4,5)21-16-10-12(19)6-8-14(16)15-9-7-13(20)11-17(15)21/h6-11H,1-5H3. The van der Waals surface area contributed by atoms with Gasteiger partial charge in [0.15, 0.2) is 0 Å². The van der Waals surface area contributed by atoms with Crippen LogP contribution in [-0.2, 0) is 0 Å². The number of halogens is 2. The Kier molecular flexibility index (Phi) is 3.94. The van der Waals surface area contributed by atoms with Crippen molar-refractivity contribution in [3.05, 3.63) is 45.3 Å². The maximum atomic E-state index is 3.64. The molecular weight excluding hydrogens is 422 g/mol. The molecule has 118 valence electrons. The van der Waals surface area contributed by atoms with Crippen LogP contribution in [0.25, 0.3) is 21.8 Å². The minimum atomic E-state index is -1.04. The summed E-state index contributed by atoms with van der Waals surface area (Å²) in [6, 6.07) is 13.2. The maximum absolute atomic E-state index is 3.64. The predicted molar refractivity (Wildman–Crippen MR) is 109 cm³/mol. The highest BCUT2D eigenvalue weighted by molar-refractivity contribution is 9.10. The van der Waals surface area contributed by atoms with E-state index in [4.69, 9.17) is 0 Å². The SMILES string of the molecule is CC(C)(C)S(C)(C)n1c2cc(Br)ccc2c2ccc(Br)cc21. The molecule has 2 aromatic carbocycles. The van der Waals surface area contributed by atoms with E-state index < -0.39 is 10.2 Å². The fraction of sp³-hybridized carbons (Fsp3) is 0.333. The summed E-state index contributed by atoms with van der Waals surface area (Å²) in [5.41, 5.74) is 2.63. The Bertz CT molecular complexity index is 813. The van der Waals surface area contributed by atoms with Crippen LogP contribution in [0.4, 0.5) is 0 Å². The van der Waals surface area contributed by atoms with Crippen molar-refractivity contribution in [3.63, 3.8) is 0 Å². The van der Waals surface area contributed by atoms with Crippen LogP contribution in [0.15, 0.2) is 45.3 Å². The minimum absolute atomic E-state index is 0.219. The molecule has 0 unspecified atom stereocenters. The minimum Gasteiger partial charge on any atom is -0.302 e. The zero-order valence-corrected chi connectivity index (χ0v) is 17.6. The molecule has 0 amide bonds. The average Bonchev–Trinajstić information content (AvgIpc) is 2.69. The van der Waals surface area contributed by atoms with Crippen molar-refractivity contribution in [1.82, 2.24) is 3.97 Å². The molecule has 0 N–H and O–H groups in total. The summed E-state index contributed by atoms with van der Waals surface area (Å²) in [6.07, 6.45) is 4.82. The molecule has 0 radical (unpaired) electrons. The lowest BCUT2D eigenvalue weighted by molar-refractivity contribution is 0.782. The Morgan fingerprint density at radius 2 is 1.23 bits per heavy atom. The van der Waals surface area contributed by atoms with Gasteiger partial charge >= 0.3 is 0 Å². The fourth-order valence-corrected chi connectivity index (χ4v) is 5.23. The van der Waals surface area contributed by atoms with Crippen molar-refractivity contribution in [1.29, 1.82) is 0 Å². The molecule has 0 bridgehead atoms. The zero-order valence-electron chi connectivity index (χ0n) is 13.6. The lowest BCUT2D eigenvalue weighted by atomic mass is 10.2. The van der Waals surface area contributed by atoms with Crippen LogP contribution in [0.2, 0.25) is 0 Å². The third-order valence-corrected chi connectivity index (χ3v) is 9.89. The smallest absolute Gasteiger partial charge is 0.0598 e. The van der Waals surface area contributed by atoms with Gasteiger partial charge in [-0.25, -0.2) is 0 Å². The predicted octanol–water partition coefficient (Wildman–Crippen LogP) is 6.95. The van der Waals surface area contributed by atoms with Crippen molar-refractivity contribution in [2.45, 2.75) is 25.5 Å². The number of nitrogens with zero attached hydrogens (tertiary/aromatic N) is 1. The summed E-state index contributed by atoms with van der Waals surface area (Å²) in [6.45, 7) is 7.03. The Balaban J connectivity index is 2.54. The van der Waals surface area contributed by atoms with Crippen LogP contribution in [0.3, 0.4) is 0 Å². The molecule has 4 heteroatoms. The summed E-state index contributed by atoms with van der Waals surface area (Å²) in [5, 5.41) is 2.66. The average molecular weight is 443 g/mol. The normalized spacial score (nSPS) is 14.0. The molecule has 3 aromatic rings. The zero-order chi connectivity index (χ0) is 16.3. The largest absolute Gasteiger partial charge is 0.302 e. The van der Waals surface area contributed by atoms with Gasteiger partial charge in [-0.1, -0.05) is 64.8 Å². The van der Waals surface area contributed by atoms with Gasteiger partial charge < -0.3 is 3.97 Å². The lowest BCUT2D eigenvalue weighted by Crippen LogP contribution is -2.28. The van der Waals surface area contributed by atoms with Gasteiger partial charge in [-0.05, 0) is 36.8 Å². The van der Waals surface area contributed by atoms with Crippen LogP contribution < -0.4 is 0 Å². The second-order valence-corrected chi connectivity index (χ2v) is 13.0. The number of rotatable bonds is 1. The fourth-order valence-electron chi connectivity index (χ4n) is 2.70. The van der Waals surface area contributed by atoms with Crippen LogP contribution in [-0.4, -0.2) is 21.2 Å². The Morgan fingerprint density at radius 3 is 1.59 bits per heavy atom. The Hall–Kier alpha value is -0.450. The van der Waals surface area contributed by atoms with E-state index in [9.17, 15) is 0 Å². The first-order chi connectivity index (χ1) is 10.1. The van der Waals surface area contributed by atoms with E-state index in [2.05, 4.69) is 106 Å². The van der Waals surface area contributed by atoms with Crippen molar-refractivity contribution in [3.8, 4) is 0 Å². The summed E-state index contributed by atoms with van der Waals surface area (Å²) >= 11 is 7.28. The molecule has 1 nitrogen and oxygen atoms in total. The van der Waals surface area contributed by atoms with E-state index in [1.165, 1.54) is 21.8 Å². The summed E-state index contributed by atoms with van der Waals surface area (Å²) in [7, 11) is -1.04. The Labute approximate surface area is 150 Å². The second kappa shape index (κ2) is 5.29. The maximum Gasteiger partial charge on any atom is 0.0598 e. The van der Waals surface area contributed by atoms with E-state index in [0.717, 1.165) is 8.95 Å². The van der Waals surface area contributed by atoms with E-state index in [-0.39, 0.29) is 4.75 Å². The number of fused-ring (bicyclic) bond motifs is 3. The third-order valence-electron chi connectivity index (χ3n) is 4.60. The monoisotopic (exact) mass is 441 g/mol. The summed E-state index contributed by atoms with van der Waals surface area (Å²) < 4.78 is 5.06. The van der Waals surface area contributed by atoms with E-state index in [1.807, 2.05) is 0 Å². The molecule has 1 heterocycles. The van der Waals surface area contributed by atoms with Crippen LogP contribution >= 0.6 is 42.1 Å². The number of hydrogen-bond donors (Lipinski definition) is 0. The molecule has 0 atom stereocenters. The lowest BCUT2D eigenvalue weighted by Gasteiger charge is -2.46. The number of aromatic nitrogens is 1. The molecular formula is C18H21Br2NS. The van der Waals surface area contributed by atoms with Crippen molar-refractivity contribution < 1.29 is 0 Å². The van der Waals surface area contributed by atoms with E-state index in [1.54, 1.807) is 0 Å². The highest BCUT2D eigenvalue weighted by Gasteiger charge is 2.32. The van der Waals surface area contributed by atoms with Crippen LogP contribution in [0.5, 0.6) is 0 Å². The van der Waals surface area contributed by atoms with Crippen molar-refractivity contribution in [2.75, 3.05) is 12.5 Å². The highest BCUT2D eigenvalue weighted by atomic mass is 79.9. The van der Waals surface area contributed by atoms with Gasteiger partial charge in [0.2, 0.25) is 0 Å². The highest BCUT2D eigenvalue weighted by Crippen LogP contribution is 2.57. The van der Waals surface area contributed by atoms with Gasteiger partial charge in [-0.15, -0.1) is 0 Å². The first kappa shape index (κ1) is 16.4.